The first kappa shape index (κ1) is 19.7. The summed E-state index contributed by atoms with van der Waals surface area (Å²) in [5, 5.41) is 4.28. The van der Waals surface area contributed by atoms with E-state index in [1.165, 1.54) is 7.11 Å². The van der Waals surface area contributed by atoms with Crippen molar-refractivity contribution in [1.29, 1.82) is 0 Å². The summed E-state index contributed by atoms with van der Waals surface area (Å²) in [6.07, 6.45) is 0.288. The monoisotopic (exact) mass is 385 g/mol. The first-order chi connectivity index (χ1) is 13.2. The molecule has 1 amide bonds. The minimum atomic E-state index is -0.528. The number of benzene rings is 1. The Kier molecular flexibility index (Phi) is 5.27. The number of esters is 1. The van der Waals surface area contributed by atoms with Crippen LogP contribution in [0.5, 0.6) is 0 Å². The number of methoxy groups -OCH3 is 1. The quantitative estimate of drug-likeness (QED) is 0.535. The van der Waals surface area contributed by atoms with Gasteiger partial charge in [0.25, 0.3) is 0 Å². The van der Waals surface area contributed by atoms with Crippen molar-refractivity contribution in [2.45, 2.75) is 40.5 Å². The van der Waals surface area contributed by atoms with Crippen molar-refractivity contribution in [2.75, 3.05) is 13.7 Å². The number of ether oxygens (including phenoxy) is 1. The summed E-state index contributed by atoms with van der Waals surface area (Å²) in [6, 6.07) is 1.97. The van der Waals surface area contributed by atoms with Crippen LogP contribution in [0.2, 0.25) is 0 Å². The van der Waals surface area contributed by atoms with Gasteiger partial charge >= 0.3 is 11.6 Å². The van der Waals surface area contributed by atoms with Crippen LogP contribution < -0.4 is 10.9 Å². The topological polar surface area (TPSA) is 98.8 Å². The van der Waals surface area contributed by atoms with E-state index in [2.05, 4.69) is 10.1 Å². The molecule has 0 saturated heterocycles. The third-order valence-corrected chi connectivity index (χ3v) is 5.20. The number of furan rings is 1. The largest absolute Gasteiger partial charge is 0.468 e. The predicted molar refractivity (Wildman–Crippen MR) is 105 cm³/mol. The molecule has 2 aromatic heterocycles. The van der Waals surface area contributed by atoms with Gasteiger partial charge in [0.1, 0.15) is 23.5 Å². The summed E-state index contributed by atoms with van der Waals surface area (Å²) < 4.78 is 15.9. The Morgan fingerprint density at radius 3 is 2.32 bits per heavy atom. The molecule has 0 saturated carbocycles. The lowest BCUT2D eigenvalue weighted by atomic mass is 9.98. The van der Waals surface area contributed by atoms with Crippen LogP contribution in [0.4, 0.5) is 0 Å². The van der Waals surface area contributed by atoms with Gasteiger partial charge in [-0.05, 0) is 51.3 Å². The highest BCUT2D eigenvalue weighted by molar-refractivity contribution is 6.00. The number of hydrogen-bond donors (Lipinski definition) is 1. The van der Waals surface area contributed by atoms with Crippen molar-refractivity contribution in [3.63, 3.8) is 0 Å². The zero-order chi connectivity index (χ0) is 20.6. The fraction of sp³-hybridized carbons (Fsp3) is 0.381. The lowest BCUT2D eigenvalue weighted by Gasteiger charge is -2.10. The molecule has 28 heavy (non-hydrogen) atoms. The third-order valence-electron chi connectivity index (χ3n) is 5.20. The van der Waals surface area contributed by atoms with Gasteiger partial charge in [-0.2, -0.15) is 0 Å². The Bertz CT molecular complexity index is 1150. The number of aryl methyl sites for hydroxylation is 4. The third kappa shape index (κ3) is 3.40. The van der Waals surface area contributed by atoms with Gasteiger partial charge in [0.2, 0.25) is 5.91 Å². The Hall–Kier alpha value is -3.09. The molecule has 3 rings (SSSR count). The summed E-state index contributed by atoms with van der Waals surface area (Å²) in [7, 11) is 1.25. The number of fused-ring (bicyclic) bond motifs is 2. The zero-order valence-electron chi connectivity index (χ0n) is 16.6. The second-order valence-corrected chi connectivity index (χ2v) is 6.88. The molecular formula is C21H23NO6. The Morgan fingerprint density at radius 1 is 1.00 bits per heavy atom. The highest BCUT2D eigenvalue weighted by Crippen LogP contribution is 2.34. The van der Waals surface area contributed by atoms with Crippen molar-refractivity contribution in [3.05, 3.63) is 44.5 Å². The molecule has 2 heterocycles. The van der Waals surface area contributed by atoms with Gasteiger partial charge in [-0.25, -0.2) is 4.79 Å². The Morgan fingerprint density at radius 2 is 1.64 bits per heavy atom. The number of rotatable bonds is 5. The molecule has 0 fully saturated rings. The van der Waals surface area contributed by atoms with E-state index in [9.17, 15) is 14.4 Å². The molecule has 3 aromatic rings. The van der Waals surface area contributed by atoms with Gasteiger partial charge in [-0.15, -0.1) is 0 Å². The first-order valence-electron chi connectivity index (χ1n) is 9.03. The van der Waals surface area contributed by atoms with E-state index < -0.39 is 11.6 Å². The van der Waals surface area contributed by atoms with Gasteiger partial charge in [0.05, 0.1) is 7.11 Å². The van der Waals surface area contributed by atoms with Crippen molar-refractivity contribution in [2.24, 2.45) is 0 Å². The molecule has 0 radical (unpaired) electrons. The van der Waals surface area contributed by atoms with E-state index in [1.54, 1.807) is 0 Å². The molecule has 0 bridgehead atoms. The van der Waals surface area contributed by atoms with Crippen LogP contribution in [0.15, 0.2) is 19.7 Å². The Balaban J connectivity index is 1.97. The number of carbonyl (C=O) groups excluding carboxylic acids is 2. The van der Waals surface area contributed by atoms with Crippen molar-refractivity contribution in [3.8, 4) is 0 Å². The zero-order valence-corrected chi connectivity index (χ0v) is 16.6. The van der Waals surface area contributed by atoms with Crippen LogP contribution in [-0.2, 0) is 20.7 Å². The van der Waals surface area contributed by atoms with E-state index in [0.717, 1.165) is 38.8 Å². The molecular weight excluding hydrogens is 362 g/mol. The molecule has 148 valence electrons. The number of hydrogen-bond acceptors (Lipinski definition) is 6. The van der Waals surface area contributed by atoms with Gasteiger partial charge in [-0.3, -0.25) is 9.59 Å². The van der Waals surface area contributed by atoms with E-state index >= 15 is 0 Å². The van der Waals surface area contributed by atoms with Crippen molar-refractivity contribution < 1.29 is 23.2 Å². The highest BCUT2D eigenvalue weighted by Gasteiger charge is 2.19. The fourth-order valence-electron chi connectivity index (χ4n) is 3.35. The molecule has 7 heteroatoms. The molecule has 0 atom stereocenters. The normalized spacial score (nSPS) is 11.2. The van der Waals surface area contributed by atoms with Crippen LogP contribution in [0.3, 0.4) is 0 Å². The standard InChI is InChI=1S/C21H23NO6/c1-10-13(4)27-19-12(3)20-16(8-15(10)19)11(2)14(21(25)28-20)6-7-17(23)22-9-18(24)26-5/h8H,6-7,9H2,1-5H3,(H,22,23). The smallest absolute Gasteiger partial charge is 0.339 e. The fourth-order valence-corrected chi connectivity index (χ4v) is 3.35. The average Bonchev–Trinajstić information content (AvgIpc) is 2.95. The average molecular weight is 385 g/mol. The SMILES string of the molecule is COC(=O)CNC(=O)CCc1c(C)c2cc3c(C)c(C)oc3c(C)c2oc1=O. The lowest BCUT2D eigenvalue weighted by molar-refractivity contribution is -0.141. The maximum Gasteiger partial charge on any atom is 0.339 e. The van der Waals surface area contributed by atoms with Crippen molar-refractivity contribution in [1.82, 2.24) is 5.32 Å². The summed E-state index contributed by atoms with van der Waals surface area (Å²) in [5.41, 5.74) is 3.84. The second-order valence-electron chi connectivity index (χ2n) is 6.88. The number of carbonyl (C=O) groups is 2. The van der Waals surface area contributed by atoms with Gasteiger partial charge in [0, 0.05) is 28.3 Å². The van der Waals surface area contributed by atoms with Crippen LogP contribution in [-0.4, -0.2) is 25.5 Å². The molecule has 1 N–H and O–H groups in total. The summed E-state index contributed by atoms with van der Waals surface area (Å²) >= 11 is 0. The maximum atomic E-state index is 12.5. The highest BCUT2D eigenvalue weighted by atomic mass is 16.5. The number of amides is 1. The van der Waals surface area contributed by atoms with E-state index in [4.69, 9.17) is 8.83 Å². The summed E-state index contributed by atoms with van der Waals surface area (Å²) in [4.78, 5) is 35.6. The predicted octanol–water partition coefficient (Wildman–Crippen LogP) is 2.99. The molecule has 7 nitrogen and oxygen atoms in total. The van der Waals surface area contributed by atoms with Gasteiger partial charge in [-0.1, -0.05) is 0 Å². The molecule has 1 aromatic carbocycles. The van der Waals surface area contributed by atoms with Gasteiger partial charge in [0.15, 0.2) is 0 Å². The second kappa shape index (κ2) is 7.50. The maximum absolute atomic E-state index is 12.5. The van der Waals surface area contributed by atoms with Gasteiger partial charge < -0.3 is 18.9 Å². The van der Waals surface area contributed by atoms with E-state index in [1.807, 2.05) is 33.8 Å². The molecule has 0 aliphatic heterocycles. The van der Waals surface area contributed by atoms with E-state index in [-0.39, 0.29) is 25.3 Å². The van der Waals surface area contributed by atoms with Crippen LogP contribution in [0.25, 0.3) is 21.9 Å². The minimum absolute atomic E-state index is 0.0686. The molecule has 0 aliphatic carbocycles. The summed E-state index contributed by atoms with van der Waals surface area (Å²) in [6.45, 7) is 7.43. The molecule has 0 spiro atoms. The first-order valence-corrected chi connectivity index (χ1v) is 9.03. The van der Waals surface area contributed by atoms with E-state index in [0.29, 0.717) is 11.1 Å². The van der Waals surface area contributed by atoms with Crippen molar-refractivity contribution >= 4 is 33.8 Å². The van der Waals surface area contributed by atoms with Crippen LogP contribution in [0.1, 0.15) is 34.4 Å². The number of nitrogens with one attached hydrogen (secondary N) is 1. The Labute approximate surface area is 161 Å². The molecule has 0 aliphatic rings. The lowest BCUT2D eigenvalue weighted by Crippen LogP contribution is -2.30. The van der Waals surface area contributed by atoms with Crippen LogP contribution in [0, 0.1) is 27.7 Å². The van der Waals surface area contributed by atoms with Crippen LogP contribution >= 0.6 is 0 Å². The summed E-state index contributed by atoms with van der Waals surface area (Å²) in [5.74, 6) is -0.0341. The molecule has 0 unspecified atom stereocenters. The minimum Gasteiger partial charge on any atom is -0.468 e.